The first-order chi connectivity index (χ1) is 14.2. The highest BCUT2D eigenvalue weighted by Gasteiger charge is 2.35. The Morgan fingerprint density at radius 3 is 2.90 bits per heavy atom. The highest BCUT2D eigenvalue weighted by atomic mass is 32.1. The third kappa shape index (κ3) is 3.82. The minimum Gasteiger partial charge on any atom is -0.355 e. The lowest BCUT2D eigenvalue weighted by Crippen LogP contribution is -2.34. The van der Waals surface area contributed by atoms with E-state index in [0.29, 0.717) is 19.5 Å². The molecule has 1 atom stereocenters. The van der Waals surface area contributed by atoms with Crippen molar-refractivity contribution in [2.75, 3.05) is 18.0 Å². The molecule has 1 aromatic carbocycles. The molecule has 2 heterocycles. The van der Waals surface area contributed by atoms with Gasteiger partial charge in [-0.25, -0.2) is 4.98 Å². The molecule has 0 radical (unpaired) electrons. The van der Waals surface area contributed by atoms with E-state index in [1.54, 1.807) is 16.2 Å². The summed E-state index contributed by atoms with van der Waals surface area (Å²) >= 11 is 1.80. The average Bonchev–Trinajstić information content (AvgIpc) is 3.44. The van der Waals surface area contributed by atoms with Gasteiger partial charge in [-0.05, 0) is 68.2 Å². The third-order valence-electron chi connectivity index (χ3n) is 6.42. The molecular formula is C23H27N3O2S. The number of benzene rings is 1. The lowest BCUT2D eigenvalue weighted by atomic mass is 10.0. The van der Waals surface area contributed by atoms with Crippen molar-refractivity contribution in [3.8, 4) is 0 Å². The summed E-state index contributed by atoms with van der Waals surface area (Å²) in [6.07, 6.45) is 9.26. The van der Waals surface area contributed by atoms with Gasteiger partial charge in [-0.2, -0.15) is 0 Å². The number of amides is 2. The summed E-state index contributed by atoms with van der Waals surface area (Å²) in [7, 11) is 0. The number of rotatable bonds is 5. The van der Waals surface area contributed by atoms with E-state index in [0.717, 1.165) is 42.8 Å². The van der Waals surface area contributed by atoms with Crippen LogP contribution in [0.5, 0.6) is 0 Å². The molecule has 2 aromatic rings. The zero-order valence-electron chi connectivity index (χ0n) is 16.7. The van der Waals surface area contributed by atoms with Gasteiger partial charge in [0.25, 0.3) is 0 Å². The minimum absolute atomic E-state index is 0.0108. The largest absolute Gasteiger partial charge is 0.355 e. The summed E-state index contributed by atoms with van der Waals surface area (Å²) < 4.78 is 0. The minimum atomic E-state index is -0.264. The number of anilines is 1. The maximum atomic E-state index is 12.6. The van der Waals surface area contributed by atoms with E-state index in [1.165, 1.54) is 41.0 Å². The first-order valence-corrected chi connectivity index (χ1v) is 11.7. The summed E-state index contributed by atoms with van der Waals surface area (Å²) in [6, 6.07) is 6.32. The predicted octanol–water partition coefficient (Wildman–Crippen LogP) is 3.22. The SMILES string of the molecule is O=C(NCCc1nc2c(s1)CCCC2)[C@H]1CC(=O)N(c2ccc3c(c2)CCC3)C1. The summed E-state index contributed by atoms with van der Waals surface area (Å²) in [5.41, 5.74) is 4.97. The fraction of sp³-hybridized carbons (Fsp3) is 0.522. The van der Waals surface area contributed by atoms with Gasteiger partial charge in [0.2, 0.25) is 11.8 Å². The van der Waals surface area contributed by atoms with Gasteiger partial charge >= 0.3 is 0 Å². The van der Waals surface area contributed by atoms with Gasteiger partial charge in [0.05, 0.1) is 16.6 Å². The molecule has 6 heteroatoms. The van der Waals surface area contributed by atoms with Crippen molar-refractivity contribution in [3.63, 3.8) is 0 Å². The smallest absolute Gasteiger partial charge is 0.227 e. The Bertz CT molecular complexity index is 928. The van der Waals surface area contributed by atoms with Gasteiger partial charge in [-0.1, -0.05) is 6.07 Å². The van der Waals surface area contributed by atoms with Gasteiger partial charge in [0.15, 0.2) is 0 Å². The number of thiazole rings is 1. The maximum absolute atomic E-state index is 12.6. The molecule has 3 aliphatic rings. The van der Waals surface area contributed by atoms with Crippen molar-refractivity contribution in [2.45, 2.75) is 57.8 Å². The lowest BCUT2D eigenvalue weighted by Gasteiger charge is -2.18. The summed E-state index contributed by atoms with van der Waals surface area (Å²) in [6.45, 7) is 1.07. The first kappa shape index (κ1) is 18.8. The Labute approximate surface area is 175 Å². The first-order valence-electron chi connectivity index (χ1n) is 10.8. The van der Waals surface area contributed by atoms with Gasteiger partial charge in [0.1, 0.15) is 0 Å². The van der Waals surface area contributed by atoms with Crippen LogP contribution in [0.15, 0.2) is 18.2 Å². The molecule has 0 saturated carbocycles. The molecule has 29 heavy (non-hydrogen) atoms. The van der Waals surface area contributed by atoms with Crippen LogP contribution >= 0.6 is 11.3 Å². The number of hydrogen-bond acceptors (Lipinski definition) is 4. The molecule has 152 valence electrons. The summed E-state index contributed by atoms with van der Waals surface area (Å²) in [5, 5.41) is 4.16. The number of fused-ring (bicyclic) bond motifs is 2. The summed E-state index contributed by atoms with van der Waals surface area (Å²) in [5.74, 6) is -0.223. The van der Waals surface area contributed by atoms with Gasteiger partial charge in [-0.3, -0.25) is 9.59 Å². The summed E-state index contributed by atoms with van der Waals surface area (Å²) in [4.78, 5) is 33.1. The Morgan fingerprint density at radius 2 is 2.00 bits per heavy atom. The van der Waals surface area contributed by atoms with Crippen molar-refractivity contribution in [3.05, 3.63) is 44.9 Å². The fourth-order valence-electron chi connectivity index (χ4n) is 4.81. The molecule has 1 fully saturated rings. The molecule has 2 amide bonds. The number of hydrogen-bond donors (Lipinski definition) is 1. The van der Waals surface area contributed by atoms with Crippen LogP contribution < -0.4 is 10.2 Å². The Kier molecular flexibility index (Phi) is 5.12. The van der Waals surface area contributed by atoms with E-state index in [2.05, 4.69) is 17.4 Å². The van der Waals surface area contributed by atoms with E-state index < -0.39 is 0 Å². The van der Waals surface area contributed by atoms with E-state index in [4.69, 9.17) is 4.98 Å². The second-order valence-electron chi connectivity index (χ2n) is 8.44. The number of aryl methyl sites for hydroxylation is 4. The number of nitrogens with one attached hydrogen (secondary N) is 1. The molecule has 0 spiro atoms. The van der Waals surface area contributed by atoms with Crippen molar-refractivity contribution in [2.24, 2.45) is 5.92 Å². The Morgan fingerprint density at radius 1 is 1.14 bits per heavy atom. The lowest BCUT2D eigenvalue weighted by molar-refractivity contribution is -0.126. The Hall–Kier alpha value is -2.21. The van der Waals surface area contributed by atoms with Gasteiger partial charge < -0.3 is 10.2 Å². The zero-order chi connectivity index (χ0) is 19.8. The molecule has 1 saturated heterocycles. The van der Waals surface area contributed by atoms with Gasteiger partial charge in [0, 0.05) is 36.5 Å². The van der Waals surface area contributed by atoms with Crippen LogP contribution in [0.2, 0.25) is 0 Å². The molecular weight excluding hydrogens is 382 g/mol. The average molecular weight is 410 g/mol. The van der Waals surface area contributed by atoms with Crippen LogP contribution in [0.1, 0.15) is 52.4 Å². The van der Waals surface area contributed by atoms with Crippen molar-refractivity contribution >= 4 is 28.8 Å². The molecule has 5 nitrogen and oxygen atoms in total. The van der Waals surface area contributed by atoms with Crippen molar-refractivity contribution < 1.29 is 9.59 Å². The highest BCUT2D eigenvalue weighted by Crippen LogP contribution is 2.31. The third-order valence-corrected chi connectivity index (χ3v) is 7.63. The van der Waals surface area contributed by atoms with Crippen LogP contribution in [-0.4, -0.2) is 29.9 Å². The second-order valence-corrected chi connectivity index (χ2v) is 9.61. The maximum Gasteiger partial charge on any atom is 0.227 e. The Balaban J connectivity index is 1.16. The van der Waals surface area contributed by atoms with E-state index in [-0.39, 0.29) is 17.7 Å². The molecule has 5 rings (SSSR count). The number of carbonyl (C=O) groups is 2. The second kappa shape index (κ2) is 7.90. The number of nitrogens with zero attached hydrogens (tertiary/aromatic N) is 2. The number of aromatic nitrogens is 1. The van der Waals surface area contributed by atoms with Crippen LogP contribution in [-0.2, 0) is 41.7 Å². The van der Waals surface area contributed by atoms with Crippen LogP contribution in [0.25, 0.3) is 0 Å². The highest BCUT2D eigenvalue weighted by molar-refractivity contribution is 7.11. The van der Waals surface area contributed by atoms with Gasteiger partial charge in [-0.15, -0.1) is 11.3 Å². The molecule has 0 bridgehead atoms. The molecule has 1 aliphatic heterocycles. The van der Waals surface area contributed by atoms with Crippen molar-refractivity contribution in [1.29, 1.82) is 0 Å². The molecule has 2 aliphatic carbocycles. The molecule has 0 unspecified atom stereocenters. The molecule has 1 N–H and O–H groups in total. The van der Waals surface area contributed by atoms with Crippen molar-refractivity contribution in [1.82, 2.24) is 10.3 Å². The standard InChI is InChI=1S/C23H27N3O2S/c27-22-13-17(14-26(22)18-9-8-15-4-3-5-16(15)12-18)23(28)24-11-10-21-25-19-6-1-2-7-20(19)29-21/h8-9,12,17H,1-7,10-11,13-14H2,(H,24,28)/t17-/m0/s1. The van der Waals surface area contributed by atoms with E-state index in [1.807, 2.05) is 6.07 Å². The van der Waals surface area contributed by atoms with Crippen LogP contribution in [0, 0.1) is 5.92 Å². The van der Waals surface area contributed by atoms with Crippen LogP contribution in [0.3, 0.4) is 0 Å². The van der Waals surface area contributed by atoms with E-state index in [9.17, 15) is 9.59 Å². The molecule has 1 aromatic heterocycles. The zero-order valence-corrected chi connectivity index (χ0v) is 17.5. The predicted molar refractivity (Wildman–Crippen MR) is 114 cm³/mol. The van der Waals surface area contributed by atoms with Crippen LogP contribution in [0.4, 0.5) is 5.69 Å². The monoisotopic (exact) mass is 409 g/mol. The van der Waals surface area contributed by atoms with E-state index >= 15 is 0 Å². The number of carbonyl (C=O) groups excluding carboxylic acids is 2. The fourth-order valence-corrected chi connectivity index (χ4v) is 5.96. The quantitative estimate of drug-likeness (QED) is 0.825. The topological polar surface area (TPSA) is 62.3 Å². The normalized spacial score (nSPS) is 20.6.